The van der Waals surface area contributed by atoms with Crippen molar-refractivity contribution in [3.63, 3.8) is 0 Å². The molecule has 2 aromatic rings. The summed E-state index contributed by atoms with van der Waals surface area (Å²) in [6.45, 7) is 1.40. The summed E-state index contributed by atoms with van der Waals surface area (Å²) in [4.78, 5) is 23.8. The topological polar surface area (TPSA) is 80.3 Å². The van der Waals surface area contributed by atoms with Crippen LogP contribution in [0.2, 0.25) is 5.02 Å². The van der Waals surface area contributed by atoms with Crippen LogP contribution in [0.15, 0.2) is 47.4 Å². The molecular formula is C16H14ClNO4S. The van der Waals surface area contributed by atoms with E-state index < -0.39 is 15.7 Å². The average Bonchev–Trinajstić information content (AvgIpc) is 2.46. The standard InChI is InChI=1S/C16H14ClNO4S/c1-10(19)12-5-3-4-6-14(12)18-16(20)11-7-8-13(17)15(9-11)23(2,21)22/h3-9H,1-2H3,(H,18,20). The van der Waals surface area contributed by atoms with Gasteiger partial charge in [-0.15, -0.1) is 0 Å². The van der Waals surface area contributed by atoms with Crippen molar-refractivity contribution in [2.75, 3.05) is 11.6 Å². The number of carbonyl (C=O) groups excluding carboxylic acids is 2. The first kappa shape index (κ1) is 17.2. The van der Waals surface area contributed by atoms with E-state index >= 15 is 0 Å². The molecule has 0 bridgehead atoms. The van der Waals surface area contributed by atoms with E-state index in [1.165, 1.54) is 25.1 Å². The number of hydrogen-bond donors (Lipinski definition) is 1. The molecule has 0 atom stereocenters. The zero-order valence-corrected chi connectivity index (χ0v) is 14.0. The minimum Gasteiger partial charge on any atom is -0.321 e. The highest BCUT2D eigenvalue weighted by molar-refractivity contribution is 7.90. The summed E-state index contributed by atoms with van der Waals surface area (Å²) in [5.41, 5.74) is 0.868. The maximum atomic E-state index is 12.3. The van der Waals surface area contributed by atoms with Crippen LogP contribution < -0.4 is 5.32 Å². The van der Waals surface area contributed by atoms with Gasteiger partial charge in [0.15, 0.2) is 15.6 Å². The lowest BCUT2D eigenvalue weighted by molar-refractivity contribution is 0.101. The third kappa shape index (κ3) is 3.97. The molecule has 120 valence electrons. The summed E-state index contributed by atoms with van der Waals surface area (Å²) in [6, 6.07) is 10.6. The Morgan fingerprint density at radius 1 is 1.09 bits per heavy atom. The molecule has 0 saturated carbocycles. The maximum Gasteiger partial charge on any atom is 0.255 e. The monoisotopic (exact) mass is 351 g/mol. The molecule has 0 aliphatic rings. The van der Waals surface area contributed by atoms with Crippen LogP contribution >= 0.6 is 11.6 Å². The Balaban J connectivity index is 2.38. The van der Waals surface area contributed by atoms with Gasteiger partial charge in [0.2, 0.25) is 0 Å². The summed E-state index contributed by atoms with van der Waals surface area (Å²) in [6.07, 6.45) is 1.01. The summed E-state index contributed by atoms with van der Waals surface area (Å²) in [5, 5.41) is 2.66. The molecule has 0 aromatic heterocycles. The Hall–Kier alpha value is -2.18. The number of nitrogens with one attached hydrogen (secondary N) is 1. The average molecular weight is 352 g/mol. The van der Waals surface area contributed by atoms with Crippen molar-refractivity contribution in [2.24, 2.45) is 0 Å². The largest absolute Gasteiger partial charge is 0.321 e. The van der Waals surface area contributed by atoms with Crippen LogP contribution in [0.5, 0.6) is 0 Å². The molecule has 23 heavy (non-hydrogen) atoms. The Labute approximate surface area is 139 Å². The summed E-state index contributed by atoms with van der Waals surface area (Å²) < 4.78 is 23.3. The van der Waals surface area contributed by atoms with Gasteiger partial charge in [-0.05, 0) is 37.3 Å². The number of rotatable bonds is 4. The van der Waals surface area contributed by atoms with E-state index in [0.29, 0.717) is 11.3 Å². The van der Waals surface area contributed by atoms with E-state index in [2.05, 4.69) is 5.32 Å². The Morgan fingerprint density at radius 3 is 2.35 bits per heavy atom. The third-order valence-electron chi connectivity index (χ3n) is 3.15. The van der Waals surface area contributed by atoms with Gasteiger partial charge in [-0.25, -0.2) is 8.42 Å². The molecule has 2 rings (SSSR count). The molecule has 0 aliphatic carbocycles. The Kier molecular flexibility index (Phi) is 4.87. The first-order valence-corrected chi connectivity index (χ1v) is 8.88. The van der Waals surface area contributed by atoms with Gasteiger partial charge >= 0.3 is 0 Å². The van der Waals surface area contributed by atoms with Crippen LogP contribution in [-0.2, 0) is 9.84 Å². The quantitative estimate of drug-likeness (QED) is 0.858. The number of ketones is 1. The molecule has 0 spiro atoms. The predicted molar refractivity (Wildman–Crippen MR) is 89.0 cm³/mol. The molecule has 0 saturated heterocycles. The maximum absolute atomic E-state index is 12.3. The zero-order chi connectivity index (χ0) is 17.2. The van der Waals surface area contributed by atoms with Gasteiger partial charge in [0.1, 0.15) is 0 Å². The van der Waals surface area contributed by atoms with E-state index in [1.807, 2.05) is 0 Å². The lowest BCUT2D eigenvalue weighted by Gasteiger charge is -2.10. The van der Waals surface area contributed by atoms with Gasteiger partial charge < -0.3 is 5.32 Å². The normalized spacial score (nSPS) is 11.1. The molecule has 0 heterocycles. The summed E-state index contributed by atoms with van der Waals surface area (Å²) >= 11 is 5.86. The fourth-order valence-electron chi connectivity index (χ4n) is 2.02. The molecular weight excluding hydrogens is 338 g/mol. The second-order valence-electron chi connectivity index (χ2n) is 4.97. The van der Waals surface area contributed by atoms with Gasteiger partial charge in [0.05, 0.1) is 15.6 Å². The third-order valence-corrected chi connectivity index (χ3v) is 4.73. The number of Topliss-reactive ketones (excluding diaryl/α,β-unsaturated/α-hetero) is 1. The van der Waals surface area contributed by atoms with Crippen molar-refractivity contribution in [1.29, 1.82) is 0 Å². The lowest BCUT2D eigenvalue weighted by Crippen LogP contribution is -2.15. The molecule has 0 unspecified atom stereocenters. The molecule has 0 fully saturated rings. The minimum atomic E-state index is -3.55. The van der Waals surface area contributed by atoms with Crippen molar-refractivity contribution in [1.82, 2.24) is 0 Å². The zero-order valence-electron chi connectivity index (χ0n) is 12.5. The van der Waals surface area contributed by atoms with Crippen LogP contribution in [0.1, 0.15) is 27.6 Å². The van der Waals surface area contributed by atoms with Crippen LogP contribution in [0, 0.1) is 0 Å². The van der Waals surface area contributed by atoms with Gasteiger partial charge in [0.25, 0.3) is 5.91 Å². The number of hydrogen-bond acceptors (Lipinski definition) is 4. The van der Waals surface area contributed by atoms with E-state index in [4.69, 9.17) is 11.6 Å². The van der Waals surface area contributed by atoms with E-state index in [0.717, 1.165) is 6.26 Å². The number of amides is 1. The number of anilines is 1. The number of para-hydroxylation sites is 1. The number of sulfone groups is 1. The van der Waals surface area contributed by atoms with Crippen molar-refractivity contribution < 1.29 is 18.0 Å². The molecule has 1 amide bonds. The SMILES string of the molecule is CC(=O)c1ccccc1NC(=O)c1ccc(Cl)c(S(C)(=O)=O)c1. The number of benzene rings is 2. The van der Waals surface area contributed by atoms with Crippen LogP contribution in [0.4, 0.5) is 5.69 Å². The highest BCUT2D eigenvalue weighted by atomic mass is 35.5. The first-order valence-electron chi connectivity index (χ1n) is 6.61. The van der Waals surface area contributed by atoms with E-state index in [-0.39, 0.29) is 21.3 Å². The van der Waals surface area contributed by atoms with Crippen LogP contribution in [0.3, 0.4) is 0 Å². The van der Waals surface area contributed by atoms with Crippen molar-refractivity contribution in [3.8, 4) is 0 Å². The molecule has 5 nitrogen and oxygen atoms in total. The highest BCUT2D eigenvalue weighted by Gasteiger charge is 2.17. The van der Waals surface area contributed by atoms with Crippen molar-refractivity contribution in [2.45, 2.75) is 11.8 Å². The van der Waals surface area contributed by atoms with Crippen LogP contribution in [0.25, 0.3) is 0 Å². The van der Waals surface area contributed by atoms with Gasteiger partial charge in [-0.1, -0.05) is 23.7 Å². The number of halogens is 1. The van der Waals surface area contributed by atoms with Gasteiger partial charge in [-0.2, -0.15) is 0 Å². The molecule has 0 aliphatic heterocycles. The molecule has 7 heteroatoms. The Morgan fingerprint density at radius 2 is 1.74 bits per heavy atom. The fraction of sp³-hybridized carbons (Fsp3) is 0.125. The van der Waals surface area contributed by atoms with E-state index in [1.54, 1.807) is 24.3 Å². The molecule has 2 aromatic carbocycles. The van der Waals surface area contributed by atoms with Crippen LogP contribution in [-0.4, -0.2) is 26.4 Å². The van der Waals surface area contributed by atoms with Crippen molar-refractivity contribution in [3.05, 3.63) is 58.6 Å². The second kappa shape index (κ2) is 6.52. The van der Waals surface area contributed by atoms with Crippen molar-refractivity contribution >= 4 is 38.8 Å². The van der Waals surface area contributed by atoms with Gasteiger partial charge in [0, 0.05) is 17.4 Å². The van der Waals surface area contributed by atoms with Gasteiger partial charge in [-0.3, -0.25) is 9.59 Å². The highest BCUT2D eigenvalue weighted by Crippen LogP contribution is 2.23. The molecule has 1 N–H and O–H groups in total. The smallest absolute Gasteiger partial charge is 0.255 e. The summed E-state index contributed by atoms with van der Waals surface area (Å²) in [5.74, 6) is -0.714. The fourth-order valence-corrected chi connectivity index (χ4v) is 3.32. The minimum absolute atomic E-state index is 0.0492. The lowest BCUT2D eigenvalue weighted by atomic mass is 10.1. The first-order chi connectivity index (χ1) is 10.7. The molecule has 0 radical (unpaired) electrons. The summed E-state index contributed by atoms with van der Waals surface area (Å²) in [7, 11) is -3.55. The second-order valence-corrected chi connectivity index (χ2v) is 7.36. The Bertz CT molecular complexity index is 891. The van der Waals surface area contributed by atoms with E-state index in [9.17, 15) is 18.0 Å². The number of carbonyl (C=O) groups is 2. The predicted octanol–water partition coefficient (Wildman–Crippen LogP) is 3.20.